The lowest BCUT2D eigenvalue weighted by atomic mass is 9.61. The SMILES string of the molecule is [B]C([B])(O)c1cc(-c2cc(F)c(CN3Cc4ncccc4C3=O)c(F)c2)c2cn(C)nc2c1. The summed E-state index contributed by atoms with van der Waals surface area (Å²) in [6.45, 7) is -0.0552. The third-order valence-electron chi connectivity index (χ3n) is 5.75. The Morgan fingerprint density at radius 2 is 1.88 bits per heavy atom. The molecule has 1 amide bonds. The van der Waals surface area contributed by atoms with Crippen LogP contribution in [0.3, 0.4) is 0 Å². The van der Waals surface area contributed by atoms with Crippen LogP contribution in [0.25, 0.3) is 22.0 Å². The van der Waals surface area contributed by atoms with E-state index in [4.69, 9.17) is 15.7 Å². The first-order valence-corrected chi connectivity index (χ1v) is 10.1. The number of rotatable bonds is 4. The van der Waals surface area contributed by atoms with Crippen LogP contribution < -0.4 is 0 Å². The summed E-state index contributed by atoms with van der Waals surface area (Å²) in [5, 5.41) is 12.8. The van der Waals surface area contributed by atoms with Crippen LogP contribution in [-0.2, 0) is 25.5 Å². The Morgan fingerprint density at radius 1 is 1.15 bits per heavy atom. The van der Waals surface area contributed by atoms with Crippen molar-refractivity contribution in [3.8, 4) is 11.1 Å². The number of aryl methyl sites for hydroxylation is 1. The minimum atomic E-state index is -2.16. The first kappa shape index (κ1) is 21.3. The molecule has 4 radical (unpaired) electrons. The molecule has 3 heterocycles. The predicted octanol–water partition coefficient (Wildman–Crippen LogP) is 2.51. The summed E-state index contributed by atoms with van der Waals surface area (Å²) in [6, 6.07) is 8.65. The van der Waals surface area contributed by atoms with Crippen molar-refractivity contribution >= 4 is 32.5 Å². The van der Waals surface area contributed by atoms with Crippen LogP contribution in [0, 0.1) is 11.6 Å². The number of fused-ring (bicyclic) bond motifs is 2. The second-order valence-corrected chi connectivity index (χ2v) is 8.16. The fourth-order valence-corrected chi connectivity index (χ4v) is 4.12. The lowest BCUT2D eigenvalue weighted by Gasteiger charge is -2.21. The van der Waals surface area contributed by atoms with Crippen LogP contribution >= 0.6 is 0 Å². The number of nitrogens with zero attached hydrogens (tertiary/aromatic N) is 4. The summed E-state index contributed by atoms with van der Waals surface area (Å²) < 4.78 is 31.8. The van der Waals surface area contributed by atoms with Crippen molar-refractivity contribution in [3.63, 3.8) is 0 Å². The van der Waals surface area contributed by atoms with Crippen molar-refractivity contribution in [2.24, 2.45) is 7.05 Å². The number of aromatic nitrogens is 3. The molecule has 0 spiro atoms. The van der Waals surface area contributed by atoms with E-state index in [0.29, 0.717) is 27.7 Å². The van der Waals surface area contributed by atoms with Crippen molar-refractivity contribution < 1.29 is 18.7 Å². The number of carbonyl (C=O) groups excluding carboxylic acids is 1. The molecular formula is C23H16B2F2N4O2. The number of carbonyl (C=O) groups is 1. The van der Waals surface area contributed by atoms with Gasteiger partial charge in [0.05, 0.1) is 29.9 Å². The summed E-state index contributed by atoms with van der Waals surface area (Å²) in [7, 11) is 13.0. The zero-order valence-corrected chi connectivity index (χ0v) is 17.6. The highest BCUT2D eigenvalue weighted by Crippen LogP contribution is 2.34. The maximum Gasteiger partial charge on any atom is 0.256 e. The summed E-state index contributed by atoms with van der Waals surface area (Å²) in [5.41, 5.74) is 2.00. The van der Waals surface area contributed by atoms with E-state index in [9.17, 15) is 9.90 Å². The van der Waals surface area contributed by atoms with Crippen LogP contribution in [0.5, 0.6) is 0 Å². The van der Waals surface area contributed by atoms with E-state index in [1.54, 1.807) is 31.6 Å². The number of hydrogen-bond acceptors (Lipinski definition) is 4. The van der Waals surface area contributed by atoms with Gasteiger partial charge in [0, 0.05) is 35.8 Å². The van der Waals surface area contributed by atoms with E-state index in [2.05, 4.69) is 10.1 Å². The van der Waals surface area contributed by atoms with Crippen molar-refractivity contribution in [2.45, 2.75) is 18.5 Å². The van der Waals surface area contributed by atoms with Crippen LogP contribution in [0.1, 0.15) is 27.2 Å². The molecule has 6 nitrogen and oxygen atoms in total. The summed E-state index contributed by atoms with van der Waals surface area (Å²) in [4.78, 5) is 18.1. The molecule has 0 aliphatic carbocycles. The Kier molecular flexibility index (Phi) is 4.86. The van der Waals surface area contributed by atoms with Gasteiger partial charge in [0.15, 0.2) is 0 Å². The molecule has 1 N–H and O–H groups in total. The van der Waals surface area contributed by atoms with Gasteiger partial charge in [-0.1, -0.05) is 0 Å². The molecule has 0 unspecified atom stereocenters. The molecule has 160 valence electrons. The number of aliphatic hydroxyl groups is 1. The highest BCUT2D eigenvalue weighted by atomic mass is 19.1. The van der Waals surface area contributed by atoms with E-state index in [-0.39, 0.29) is 35.7 Å². The van der Waals surface area contributed by atoms with Gasteiger partial charge in [0.2, 0.25) is 0 Å². The summed E-state index contributed by atoms with van der Waals surface area (Å²) in [5.74, 6) is -1.93. The topological polar surface area (TPSA) is 71.2 Å². The fourth-order valence-electron chi connectivity index (χ4n) is 4.12. The molecule has 0 fully saturated rings. The molecular weight excluding hydrogens is 424 g/mol. The standard InChI is InChI=1S/C23H16B2F2N4O2/c1-30-9-16-15(7-13(23(24,25)33)8-20(16)29-30)12-5-18(26)17(19(27)6-12)10-31-11-21-14(22(31)32)3-2-4-28-21/h2-9,33H,10-11H2,1H3. The number of pyridine rings is 1. The lowest BCUT2D eigenvalue weighted by molar-refractivity contribution is 0.0763. The predicted molar refractivity (Wildman–Crippen MR) is 119 cm³/mol. The van der Waals surface area contributed by atoms with Gasteiger partial charge in [0.25, 0.3) is 5.91 Å². The number of hydrogen-bond donors (Lipinski definition) is 1. The molecule has 33 heavy (non-hydrogen) atoms. The average Bonchev–Trinajstić information content (AvgIpc) is 3.28. The van der Waals surface area contributed by atoms with Crippen LogP contribution in [0.15, 0.2) is 48.8 Å². The molecule has 5 rings (SSSR count). The normalized spacial score (nSPS) is 13.7. The molecule has 0 atom stereocenters. The Bertz CT molecular complexity index is 1410. The lowest BCUT2D eigenvalue weighted by Crippen LogP contribution is -2.26. The van der Waals surface area contributed by atoms with E-state index >= 15 is 8.78 Å². The van der Waals surface area contributed by atoms with E-state index < -0.39 is 17.0 Å². The second-order valence-electron chi connectivity index (χ2n) is 8.16. The third-order valence-corrected chi connectivity index (χ3v) is 5.75. The number of halogens is 2. The van der Waals surface area contributed by atoms with Gasteiger partial charge in [-0.15, -0.1) is 0 Å². The van der Waals surface area contributed by atoms with Gasteiger partial charge < -0.3 is 10.0 Å². The molecule has 2 aromatic heterocycles. The minimum absolute atomic E-state index is 0.140. The highest BCUT2D eigenvalue weighted by Gasteiger charge is 2.30. The van der Waals surface area contributed by atoms with Gasteiger partial charge >= 0.3 is 0 Å². The smallest absolute Gasteiger partial charge is 0.256 e. The molecule has 0 saturated carbocycles. The van der Waals surface area contributed by atoms with Gasteiger partial charge in [-0.2, -0.15) is 5.10 Å². The zero-order chi connectivity index (χ0) is 23.5. The van der Waals surface area contributed by atoms with Gasteiger partial charge in [-0.05, 0) is 53.1 Å². The molecule has 10 heteroatoms. The third kappa shape index (κ3) is 3.70. The number of benzene rings is 2. The Labute approximate surface area is 190 Å². The fraction of sp³-hybridized carbons (Fsp3) is 0.174. The highest BCUT2D eigenvalue weighted by molar-refractivity contribution is 6.38. The number of amides is 1. The molecule has 1 aliphatic rings. The average molecular weight is 440 g/mol. The summed E-state index contributed by atoms with van der Waals surface area (Å²) >= 11 is 0. The molecule has 4 aromatic rings. The molecule has 1 aliphatic heterocycles. The van der Waals surface area contributed by atoms with E-state index in [1.807, 2.05) is 0 Å². The Hall–Kier alpha value is -3.52. The van der Waals surface area contributed by atoms with E-state index in [0.717, 1.165) is 0 Å². The van der Waals surface area contributed by atoms with E-state index in [1.165, 1.54) is 33.8 Å². The first-order chi connectivity index (χ1) is 15.6. The summed E-state index contributed by atoms with van der Waals surface area (Å²) in [6.07, 6.45) is 3.26. The van der Waals surface area contributed by atoms with Crippen molar-refractivity contribution in [3.05, 3.63) is 82.8 Å². The van der Waals surface area contributed by atoms with Gasteiger partial charge in [-0.3, -0.25) is 14.5 Å². The van der Waals surface area contributed by atoms with Crippen LogP contribution in [0.4, 0.5) is 8.78 Å². The maximum absolute atomic E-state index is 15.1. The van der Waals surface area contributed by atoms with Crippen molar-refractivity contribution in [2.75, 3.05) is 0 Å². The Morgan fingerprint density at radius 3 is 2.55 bits per heavy atom. The second kappa shape index (κ2) is 7.52. The van der Waals surface area contributed by atoms with Crippen molar-refractivity contribution in [1.82, 2.24) is 19.7 Å². The van der Waals surface area contributed by atoms with Crippen LogP contribution in [-0.4, -0.2) is 46.4 Å². The van der Waals surface area contributed by atoms with Gasteiger partial charge in [-0.25, -0.2) is 8.78 Å². The molecule has 0 saturated heterocycles. The van der Waals surface area contributed by atoms with Crippen LogP contribution in [0.2, 0.25) is 0 Å². The quantitative estimate of drug-likeness (QED) is 0.496. The minimum Gasteiger partial charge on any atom is -0.405 e. The zero-order valence-electron chi connectivity index (χ0n) is 17.6. The Balaban J connectivity index is 1.55. The van der Waals surface area contributed by atoms with Gasteiger partial charge in [0.1, 0.15) is 27.3 Å². The van der Waals surface area contributed by atoms with Crippen molar-refractivity contribution in [1.29, 1.82) is 0 Å². The molecule has 0 bridgehead atoms. The maximum atomic E-state index is 15.1. The monoisotopic (exact) mass is 440 g/mol. The largest absolute Gasteiger partial charge is 0.405 e. The first-order valence-electron chi connectivity index (χ1n) is 10.1. The molecule has 2 aromatic carbocycles.